The standard InChI is InChI=1S/C20H24O3/c1-4-5-10-18-19(14(2)3)22-23-20(21-18)17-12-11-15-8-6-7-9-16(15)13-17/h6-9,11-13,18-20H,2,4-5,10H2,1,3H3/t18-,19-,20-/m1/s1. The summed E-state index contributed by atoms with van der Waals surface area (Å²) in [5.41, 5.74) is 1.91. The van der Waals surface area contributed by atoms with Gasteiger partial charge in [-0.1, -0.05) is 62.7 Å². The van der Waals surface area contributed by atoms with Gasteiger partial charge in [-0.15, -0.1) is 0 Å². The van der Waals surface area contributed by atoms with Crippen LogP contribution in [0.1, 0.15) is 45.0 Å². The highest BCUT2D eigenvalue weighted by Crippen LogP contribution is 2.33. The third kappa shape index (κ3) is 3.63. The molecule has 0 radical (unpaired) electrons. The van der Waals surface area contributed by atoms with E-state index in [1.807, 2.05) is 25.1 Å². The van der Waals surface area contributed by atoms with Crippen LogP contribution in [0.3, 0.4) is 0 Å². The van der Waals surface area contributed by atoms with Crippen molar-refractivity contribution in [1.82, 2.24) is 0 Å². The fraction of sp³-hybridized carbons (Fsp3) is 0.400. The van der Waals surface area contributed by atoms with E-state index in [1.54, 1.807) is 0 Å². The molecule has 0 aliphatic carbocycles. The average Bonchev–Trinajstić information content (AvgIpc) is 2.59. The summed E-state index contributed by atoms with van der Waals surface area (Å²) >= 11 is 0. The fourth-order valence-electron chi connectivity index (χ4n) is 2.94. The molecule has 2 aromatic rings. The second-order valence-electron chi connectivity index (χ2n) is 6.21. The van der Waals surface area contributed by atoms with Crippen LogP contribution in [0.2, 0.25) is 0 Å². The molecule has 0 bridgehead atoms. The number of hydrogen-bond donors (Lipinski definition) is 0. The Kier molecular flexibility index (Phi) is 5.11. The maximum Gasteiger partial charge on any atom is 0.217 e. The van der Waals surface area contributed by atoms with Crippen LogP contribution in [0, 0.1) is 0 Å². The Morgan fingerprint density at radius 3 is 2.61 bits per heavy atom. The minimum atomic E-state index is -0.489. The number of benzene rings is 2. The second-order valence-corrected chi connectivity index (χ2v) is 6.21. The van der Waals surface area contributed by atoms with Crippen LogP contribution in [-0.2, 0) is 14.5 Å². The van der Waals surface area contributed by atoms with E-state index in [0.29, 0.717) is 0 Å². The van der Waals surface area contributed by atoms with Crippen LogP contribution in [0.5, 0.6) is 0 Å². The lowest BCUT2D eigenvalue weighted by Gasteiger charge is -2.36. The van der Waals surface area contributed by atoms with Crippen LogP contribution in [0.4, 0.5) is 0 Å². The Hall–Kier alpha value is -1.68. The molecule has 0 N–H and O–H groups in total. The van der Waals surface area contributed by atoms with Crippen molar-refractivity contribution >= 4 is 10.8 Å². The zero-order chi connectivity index (χ0) is 16.2. The molecule has 1 aliphatic heterocycles. The third-order valence-electron chi connectivity index (χ3n) is 4.26. The van der Waals surface area contributed by atoms with E-state index in [1.165, 1.54) is 10.8 Å². The Morgan fingerprint density at radius 2 is 1.87 bits per heavy atom. The van der Waals surface area contributed by atoms with Crippen molar-refractivity contribution in [3.05, 3.63) is 60.2 Å². The molecular weight excluding hydrogens is 288 g/mol. The van der Waals surface area contributed by atoms with Crippen LogP contribution < -0.4 is 0 Å². The van der Waals surface area contributed by atoms with Gasteiger partial charge in [0.25, 0.3) is 0 Å². The van der Waals surface area contributed by atoms with Crippen LogP contribution in [0.25, 0.3) is 10.8 Å². The highest BCUT2D eigenvalue weighted by molar-refractivity contribution is 5.83. The maximum atomic E-state index is 6.19. The zero-order valence-electron chi connectivity index (χ0n) is 13.8. The Morgan fingerprint density at radius 1 is 1.09 bits per heavy atom. The van der Waals surface area contributed by atoms with Gasteiger partial charge in [0.05, 0.1) is 6.10 Å². The Balaban J connectivity index is 1.80. The van der Waals surface area contributed by atoms with Gasteiger partial charge in [-0.05, 0) is 35.8 Å². The van der Waals surface area contributed by atoms with Gasteiger partial charge in [0.2, 0.25) is 6.29 Å². The SMILES string of the molecule is C=C(C)[C@H]1OO[C@H](c2ccc3ccccc3c2)O[C@@H]1CCCC. The van der Waals surface area contributed by atoms with Gasteiger partial charge in [0.15, 0.2) is 0 Å². The summed E-state index contributed by atoms with van der Waals surface area (Å²) in [6, 6.07) is 14.5. The molecule has 0 unspecified atom stereocenters. The average molecular weight is 312 g/mol. The van der Waals surface area contributed by atoms with E-state index in [4.69, 9.17) is 14.5 Å². The summed E-state index contributed by atoms with van der Waals surface area (Å²) in [7, 11) is 0. The molecule has 1 saturated heterocycles. The molecular formula is C20H24O3. The number of hydrogen-bond acceptors (Lipinski definition) is 3. The normalized spacial score (nSPS) is 24.7. The van der Waals surface area contributed by atoms with Gasteiger partial charge in [0.1, 0.15) is 6.10 Å². The lowest BCUT2D eigenvalue weighted by molar-refractivity contribution is -0.456. The lowest BCUT2D eigenvalue weighted by atomic mass is 10.0. The molecule has 3 heteroatoms. The summed E-state index contributed by atoms with van der Waals surface area (Å²) in [4.78, 5) is 11.1. The highest BCUT2D eigenvalue weighted by Gasteiger charge is 2.34. The molecule has 3 nitrogen and oxygen atoms in total. The molecule has 0 aromatic heterocycles. The number of unbranched alkanes of at least 4 members (excludes halogenated alkanes) is 1. The Labute approximate surface area is 137 Å². The topological polar surface area (TPSA) is 27.7 Å². The highest BCUT2D eigenvalue weighted by atomic mass is 17.2. The van der Waals surface area contributed by atoms with Crippen LogP contribution in [-0.4, -0.2) is 12.2 Å². The van der Waals surface area contributed by atoms with Crippen LogP contribution in [0.15, 0.2) is 54.6 Å². The van der Waals surface area contributed by atoms with Crippen molar-refractivity contribution < 1.29 is 14.5 Å². The second kappa shape index (κ2) is 7.26. The molecule has 1 fully saturated rings. The minimum Gasteiger partial charge on any atom is -0.340 e. The molecule has 23 heavy (non-hydrogen) atoms. The molecule has 3 atom stereocenters. The fourth-order valence-corrected chi connectivity index (χ4v) is 2.94. The predicted molar refractivity (Wildman–Crippen MR) is 91.9 cm³/mol. The molecule has 0 spiro atoms. The maximum absolute atomic E-state index is 6.19. The summed E-state index contributed by atoms with van der Waals surface area (Å²) in [5.74, 6) is 0. The van der Waals surface area contributed by atoms with E-state index in [2.05, 4.69) is 37.8 Å². The van der Waals surface area contributed by atoms with Crippen molar-refractivity contribution in [3.8, 4) is 0 Å². The third-order valence-corrected chi connectivity index (χ3v) is 4.26. The molecule has 1 aliphatic rings. The van der Waals surface area contributed by atoms with Crippen molar-refractivity contribution in [2.45, 2.75) is 51.6 Å². The first-order valence-corrected chi connectivity index (χ1v) is 8.30. The first kappa shape index (κ1) is 16.2. The van der Waals surface area contributed by atoms with E-state index < -0.39 is 6.29 Å². The summed E-state index contributed by atoms with van der Waals surface area (Å²) < 4.78 is 6.19. The van der Waals surface area contributed by atoms with Gasteiger partial charge in [-0.25, -0.2) is 4.89 Å². The van der Waals surface area contributed by atoms with Gasteiger partial charge in [0, 0.05) is 5.56 Å². The Bertz CT molecular complexity index is 679. The van der Waals surface area contributed by atoms with Crippen molar-refractivity contribution in [2.75, 3.05) is 0 Å². The zero-order valence-corrected chi connectivity index (χ0v) is 13.8. The summed E-state index contributed by atoms with van der Waals surface area (Å²) in [6.45, 7) is 8.12. The number of fused-ring (bicyclic) bond motifs is 1. The van der Waals surface area contributed by atoms with Crippen molar-refractivity contribution in [1.29, 1.82) is 0 Å². The smallest absolute Gasteiger partial charge is 0.217 e. The van der Waals surface area contributed by atoms with Gasteiger partial charge in [-0.3, -0.25) is 0 Å². The summed E-state index contributed by atoms with van der Waals surface area (Å²) in [6.07, 6.45) is 2.47. The van der Waals surface area contributed by atoms with E-state index in [9.17, 15) is 0 Å². The van der Waals surface area contributed by atoms with Gasteiger partial charge in [-0.2, -0.15) is 4.89 Å². The molecule has 122 valence electrons. The molecule has 0 saturated carbocycles. The van der Waals surface area contributed by atoms with Crippen molar-refractivity contribution in [3.63, 3.8) is 0 Å². The minimum absolute atomic E-state index is 0.0160. The van der Waals surface area contributed by atoms with Crippen molar-refractivity contribution in [2.24, 2.45) is 0 Å². The summed E-state index contributed by atoms with van der Waals surface area (Å²) in [5, 5.41) is 2.37. The monoisotopic (exact) mass is 312 g/mol. The molecule has 1 heterocycles. The van der Waals surface area contributed by atoms with Gasteiger partial charge < -0.3 is 4.74 Å². The first-order valence-electron chi connectivity index (χ1n) is 8.30. The quantitative estimate of drug-likeness (QED) is 0.552. The lowest BCUT2D eigenvalue weighted by Crippen LogP contribution is -2.39. The van der Waals surface area contributed by atoms with E-state index in [0.717, 1.165) is 30.4 Å². The first-order chi connectivity index (χ1) is 11.2. The van der Waals surface area contributed by atoms with Gasteiger partial charge >= 0.3 is 0 Å². The van der Waals surface area contributed by atoms with Crippen LogP contribution >= 0.6 is 0 Å². The molecule has 2 aromatic carbocycles. The molecule has 3 rings (SSSR count). The number of ether oxygens (including phenoxy) is 1. The van der Waals surface area contributed by atoms with E-state index >= 15 is 0 Å². The predicted octanol–water partition coefficient (Wildman–Crippen LogP) is 5.32. The van der Waals surface area contributed by atoms with E-state index in [-0.39, 0.29) is 12.2 Å². The largest absolute Gasteiger partial charge is 0.340 e. The number of rotatable bonds is 5. The molecule has 0 amide bonds.